The molecule has 5 heteroatoms. The number of carbonyl (C=O) groups is 2. The number of hydrogen-bond acceptors (Lipinski definition) is 4. The molecule has 150 valence electrons. The standard InChI is InChI=1S/C24H25NO4/c1-3-5-15-25-21(17-9-7-6-8-10-17)20(23(27)24(25)28)22(26)18-11-13-19(14-12-18)29-16-4-2/h4,6-14,21,26H,2-3,5,15-16H2,1H3/b22-20-. The van der Waals surface area contributed by atoms with Gasteiger partial charge in [-0.1, -0.05) is 56.3 Å². The number of amides is 1. The van der Waals surface area contributed by atoms with Crippen LogP contribution in [0.1, 0.15) is 36.9 Å². The molecule has 1 unspecified atom stereocenters. The Morgan fingerprint density at radius 2 is 1.83 bits per heavy atom. The Balaban J connectivity index is 2.04. The van der Waals surface area contributed by atoms with Gasteiger partial charge in [-0.15, -0.1) is 0 Å². The van der Waals surface area contributed by atoms with Crippen LogP contribution in [0.3, 0.4) is 0 Å². The largest absolute Gasteiger partial charge is 0.507 e. The number of benzene rings is 2. The zero-order valence-electron chi connectivity index (χ0n) is 16.5. The highest BCUT2D eigenvalue weighted by Crippen LogP contribution is 2.39. The smallest absolute Gasteiger partial charge is 0.295 e. The first-order valence-corrected chi connectivity index (χ1v) is 9.76. The topological polar surface area (TPSA) is 66.8 Å². The van der Waals surface area contributed by atoms with Crippen molar-refractivity contribution in [1.82, 2.24) is 4.90 Å². The molecule has 2 aromatic carbocycles. The number of carbonyl (C=O) groups excluding carboxylic acids is 2. The molecule has 2 aromatic rings. The number of Topliss-reactive ketones (excluding diaryl/α,β-unsaturated/α-hetero) is 1. The molecule has 1 N–H and O–H groups in total. The molecule has 0 spiro atoms. The van der Waals surface area contributed by atoms with Crippen molar-refractivity contribution in [3.05, 3.63) is 84.0 Å². The van der Waals surface area contributed by atoms with Gasteiger partial charge in [-0.25, -0.2) is 0 Å². The predicted octanol–water partition coefficient (Wildman–Crippen LogP) is 4.47. The molecule has 1 aliphatic rings. The van der Waals surface area contributed by atoms with Crippen molar-refractivity contribution in [2.24, 2.45) is 0 Å². The molecular weight excluding hydrogens is 366 g/mol. The summed E-state index contributed by atoms with van der Waals surface area (Å²) in [6, 6.07) is 15.5. The number of likely N-dealkylation sites (tertiary alicyclic amines) is 1. The number of aliphatic hydroxyl groups is 1. The van der Waals surface area contributed by atoms with Crippen LogP contribution in [0.2, 0.25) is 0 Å². The zero-order valence-corrected chi connectivity index (χ0v) is 16.5. The van der Waals surface area contributed by atoms with Gasteiger partial charge in [-0.3, -0.25) is 9.59 Å². The molecule has 0 aromatic heterocycles. The summed E-state index contributed by atoms with van der Waals surface area (Å²) >= 11 is 0. The van der Waals surface area contributed by atoms with Crippen molar-refractivity contribution < 1.29 is 19.4 Å². The molecule has 29 heavy (non-hydrogen) atoms. The van der Waals surface area contributed by atoms with Gasteiger partial charge in [0.25, 0.3) is 11.7 Å². The molecule has 5 nitrogen and oxygen atoms in total. The van der Waals surface area contributed by atoms with Gasteiger partial charge in [0, 0.05) is 12.1 Å². The number of hydrogen-bond donors (Lipinski definition) is 1. The molecule has 0 bridgehead atoms. The van der Waals surface area contributed by atoms with Gasteiger partial charge in [0.1, 0.15) is 18.1 Å². The molecule has 3 rings (SSSR count). The number of ketones is 1. The van der Waals surface area contributed by atoms with Gasteiger partial charge in [-0.2, -0.15) is 0 Å². The number of rotatable bonds is 8. The van der Waals surface area contributed by atoms with Crippen LogP contribution >= 0.6 is 0 Å². The quantitative estimate of drug-likeness (QED) is 0.312. The first-order chi connectivity index (χ1) is 14.1. The van der Waals surface area contributed by atoms with Crippen LogP contribution in [0.25, 0.3) is 5.76 Å². The average molecular weight is 391 g/mol. The van der Waals surface area contributed by atoms with Crippen molar-refractivity contribution in [2.75, 3.05) is 13.2 Å². The summed E-state index contributed by atoms with van der Waals surface area (Å²) in [5.74, 6) is -0.768. The summed E-state index contributed by atoms with van der Waals surface area (Å²) in [7, 11) is 0. The van der Waals surface area contributed by atoms with Crippen molar-refractivity contribution >= 4 is 17.4 Å². The Kier molecular flexibility index (Phi) is 6.50. The highest BCUT2D eigenvalue weighted by Gasteiger charge is 2.45. The fourth-order valence-corrected chi connectivity index (χ4v) is 3.44. The normalized spacial score (nSPS) is 18.1. The number of aliphatic hydroxyl groups excluding tert-OH is 1. The van der Waals surface area contributed by atoms with Crippen LogP contribution < -0.4 is 4.74 Å². The van der Waals surface area contributed by atoms with E-state index in [4.69, 9.17) is 4.74 Å². The van der Waals surface area contributed by atoms with Crippen molar-refractivity contribution in [1.29, 1.82) is 0 Å². The van der Waals surface area contributed by atoms with Gasteiger partial charge in [0.2, 0.25) is 0 Å². The van der Waals surface area contributed by atoms with E-state index in [-0.39, 0.29) is 11.3 Å². The Labute approximate surface area is 170 Å². The third-order valence-corrected chi connectivity index (χ3v) is 4.90. The molecule has 1 fully saturated rings. The van der Waals surface area contributed by atoms with E-state index >= 15 is 0 Å². The summed E-state index contributed by atoms with van der Waals surface area (Å²) in [6.07, 6.45) is 3.33. The molecule has 0 radical (unpaired) electrons. The van der Waals surface area contributed by atoms with E-state index in [1.165, 1.54) is 0 Å². The van der Waals surface area contributed by atoms with E-state index in [9.17, 15) is 14.7 Å². The van der Waals surface area contributed by atoms with E-state index < -0.39 is 17.7 Å². The Morgan fingerprint density at radius 1 is 1.14 bits per heavy atom. The summed E-state index contributed by atoms with van der Waals surface area (Å²) in [5.41, 5.74) is 1.39. The number of nitrogens with zero attached hydrogens (tertiary/aromatic N) is 1. The lowest BCUT2D eigenvalue weighted by Gasteiger charge is -2.25. The summed E-state index contributed by atoms with van der Waals surface area (Å²) in [5, 5.41) is 11.0. The van der Waals surface area contributed by atoms with Crippen LogP contribution in [0.4, 0.5) is 0 Å². The van der Waals surface area contributed by atoms with Gasteiger partial charge in [-0.05, 0) is 36.2 Å². The van der Waals surface area contributed by atoms with E-state index in [1.54, 1.807) is 35.2 Å². The van der Waals surface area contributed by atoms with E-state index in [0.717, 1.165) is 18.4 Å². The maximum absolute atomic E-state index is 12.8. The van der Waals surface area contributed by atoms with Gasteiger partial charge in [0.15, 0.2) is 0 Å². The molecule has 1 amide bonds. The average Bonchev–Trinajstić information content (AvgIpc) is 3.01. The zero-order chi connectivity index (χ0) is 20.8. The second-order valence-corrected chi connectivity index (χ2v) is 6.88. The van der Waals surface area contributed by atoms with Gasteiger partial charge < -0.3 is 14.7 Å². The maximum atomic E-state index is 12.8. The lowest BCUT2D eigenvalue weighted by molar-refractivity contribution is -0.139. The van der Waals surface area contributed by atoms with Crippen molar-refractivity contribution in [3.63, 3.8) is 0 Å². The highest BCUT2D eigenvalue weighted by atomic mass is 16.5. The molecule has 1 aliphatic heterocycles. The van der Waals surface area contributed by atoms with Crippen LogP contribution in [0.15, 0.2) is 72.8 Å². The third-order valence-electron chi connectivity index (χ3n) is 4.90. The maximum Gasteiger partial charge on any atom is 0.295 e. The fraction of sp³-hybridized carbons (Fsp3) is 0.250. The van der Waals surface area contributed by atoms with Gasteiger partial charge in [0.05, 0.1) is 11.6 Å². The summed E-state index contributed by atoms with van der Waals surface area (Å²) < 4.78 is 5.46. The first kappa shape index (κ1) is 20.4. The Morgan fingerprint density at radius 3 is 2.45 bits per heavy atom. The van der Waals surface area contributed by atoms with E-state index in [2.05, 4.69) is 6.58 Å². The molecular formula is C24H25NO4. The minimum absolute atomic E-state index is 0.122. The molecule has 1 heterocycles. The predicted molar refractivity (Wildman–Crippen MR) is 112 cm³/mol. The van der Waals surface area contributed by atoms with Gasteiger partial charge >= 0.3 is 0 Å². The molecule has 1 saturated heterocycles. The second-order valence-electron chi connectivity index (χ2n) is 6.88. The monoisotopic (exact) mass is 391 g/mol. The van der Waals surface area contributed by atoms with Crippen molar-refractivity contribution in [3.8, 4) is 5.75 Å². The van der Waals surface area contributed by atoms with Crippen molar-refractivity contribution in [2.45, 2.75) is 25.8 Å². The fourth-order valence-electron chi connectivity index (χ4n) is 3.44. The molecule has 0 saturated carbocycles. The Hall–Kier alpha value is -3.34. The third kappa shape index (κ3) is 4.24. The minimum Gasteiger partial charge on any atom is -0.507 e. The first-order valence-electron chi connectivity index (χ1n) is 9.76. The highest BCUT2D eigenvalue weighted by molar-refractivity contribution is 6.46. The van der Waals surface area contributed by atoms with Crippen LogP contribution in [0.5, 0.6) is 5.75 Å². The SMILES string of the molecule is C=CCOc1ccc(/C(O)=C2/C(=O)C(=O)N(CCCC)C2c2ccccc2)cc1. The number of unbranched alkanes of at least 4 members (excludes halogenated alkanes) is 1. The second kappa shape index (κ2) is 9.24. The summed E-state index contributed by atoms with van der Waals surface area (Å²) in [6.45, 7) is 6.48. The van der Waals surface area contributed by atoms with Crippen LogP contribution in [0, 0.1) is 0 Å². The molecule has 1 atom stereocenters. The lowest BCUT2D eigenvalue weighted by atomic mass is 9.95. The Bertz CT molecular complexity index is 916. The van der Waals surface area contributed by atoms with E-state index in [1.807, 2.05) is 37.3 Å². The summed E-state index contributed by atoms with van der Waals surface area (Å²) in [4.78, 5) is 27.1. The molecule has 0 aliphatic carbocycles. The van der Waals surface area contributed by atoms with E-state index in [0.29, 0.717) is 24.5 Å². The van der Waals surface area contributed by atoms with Crippen LogP contribution in [-0.2, 0) is 9.59 Å². The number of ether oxygens (including phenoxy) is 1. The lowest BCUT2D eigenvalue weighted by Crippen LogP contribution is -2.30. The van der Waals surface area contributed by atoms with Crippen LogP contribution in [-0.4, -0.2) is 34.8 Å². The minimum atomic E-state index is -0.653.